The molecule has 0 fully saturated rings. The van der Waals surface area contributed by atoms with Gasteiger partial charge in [0.2, 0.25) is 5.78 Å². The van der Waals surface area contributed by atoms with E-state index in [0.717, 1.165) is 7.05 Å². The van der Waals surface area contributed by atoms with Crippen molar-refractivity contribution >= 4 is 16.8 Å². The summed E-state index contributed by atoms with van der Waals surface area (Å²) in [7, 11) is 1.10. The predicted molar refractivity (Wildman–Crippen MR) is 70.7 cm³/mol. The minimum absolute atomic E-state index is 0.316. The second-order valence-corrected chi connectivity index (χ2v) is 4.70. The standard InChI is InChI=1S/C14H9F3N2O3/c1-19-13(21)10(12(18-19)14(15,16)17)11(20)9-6-7-4-2-3-5-8(7)22-9/h2-6,18H,1H3. The Kier molecular flexibility index (Phi) is 2.98. The molecule has 2 heterocycles. The van der Waals surface area contributed by atoms with Gasteiger partial charge in [0.15, 0.2) is 11.5 Å². The predicted octanol–water partition coefficient (Wildman–Crippen LogP) is 2.71. The molecule has 1 N–H and O–H groups in total. The molecular weight excluding hydrogens is 301 g/mol. The number of nitrogens with zero attached hydrogens (tertiary/aromatic N) is 1. The largest absolute Gasteiger partial charge is 0.453 e. The van der Waals surface area contributed by atoms with Crippen LogP contribution in [0.1, 0.15) is 21.8 Å². The molecule has 2 aromatic heterocycles. The monoisotopic (exact) mass is 310 g/mol. The third kappa shape index (κ3) is 2.12. The van der Waals surface area contributed by atoms with Crippen LogP contribution in [-0.4, -0.2) is 15.6 Å². The number of carbonyl (C=O) groups is 1. The number of carbonyl (C=O) groups excluding carboxylic acids is 1. The van der Waals surface area contributed by atoms with E-state index in [9.17, 15) is 22.8 Å². The van der Waals surface area contributed by atoms with Gasteiger partial charge in [0, 0.05) is 12.4 Å². The highest BCUT2D eigenvalue weighted by Gasteiger charge is 2.40. The zero-order chi connectivity index (χ0) is 16.1. The van der Waals surface area contributed by atoms with Crippen molar-refractivity contribution in [1.29, 1.82) is 0 Å². The number of aromatic amines is 1. The summed E-state index contributed by atoms with van der Waals surface area (Å²) in [4.78, 5) is 24.1. The topological polar surface area (TPSA) is 68.0 Å². The van der Waals surface area contributed by atoms with Gasteiger partial charge in [0.1, 0.15) is 11.1 Å². The van der Waals surface area contributed by atoms with Crippen LogP contribution in [0.5, 0.6) is 0 Å². The van der Waals surface area contributed by atoms with E-state index in [1.807, 2.05) is 5.10 Å². The average Bonchev–Trinajstić information content (AvgIpc) is 3.00. The van der Waals surface area contributed by atoms with Crippen molar-refractivity contribution in [3.8, 4) is 0 Å². The molecule has 0 saturated carbocycles. The first kappa shape index (κ1) is 14.2. The highest BCUT2D eigenvalue weighted by atomic mass is 19.4. The van der Waals surface area contributed by atoms with Gasteiger partial charge in [-0.05, 0) is 12.1 Å². The number of hydrogen-bond donors (Lipinski definition) is 1. The number of aryl methyl sites for hydroxylation is 1. The Bertz CT molecular complexity index is 898. The first-order valence-corrected chi connectivity index (χ1v) is 6.18. The second kappa shape index (κ2) is 4.62. The van der Waals surface area contributed by atoms with E-state index in [1.165, 1.54) is 6.07 Å². The number of hydrogen-bond acceptors (Lipinski definition) is 3. The number of H-pyrrole nitrogens is 1. The summed E-state index contributed by atoms with van der Waals surface area (Å²) in [6.07, 6.45) is -4.85. The molecule has 0 aliphatic rings. The van der Waals surface area contributed by atoms with E-state index in [-0.39, 0.29) is 5.76 Å². The molecule has 8 heteroatoms. The molecule has 0 bridgehead atoms. The van der Waals surface area contributed by atoms with Gasteiger partial charge >= 0.3 is 6.18 Å². The molecule has 0 spiro atoms. The smallest absolute Gasteiger partial charge is 0.433 e. The number of nitrogens with one attached hydrogen (secondary N) is 1. The maximum atomic E-state index is 13.0. The molecule has 1 aromatic carbocycles. The molecule has 0 aliphatic heterocycles. The number of ketones is 1. The van der Waals surface area contributed by atoms with Gasteiger partial charge in [-0.3, -0.25) is 19.4 Å². The molecule has 3 aromatic rings. The first-order valence-electron chi connectivity index (χ1n) is 6.18. The fraction of sp³-hybridized carbons (Fsp3) is 0.143. The van der Waals surface area contributed by atoms with Crippen molar-refractivity contribution in [2.75, 3.05) is 0 Å². The van der Waals surface area contributed by atoms with Crippen molar-refractivity contribution in [2.24, 2.45) is 7.05 Å². The third-order valence-corrected chi connectivity index (χ3v) is 3.21. The van der Waals surface area contributed by atoms with Crippen molar-refractivity contribution < 1.29 is 22.4 Å². The van der Waals surface area contributed by atoms with E-state index in [0.29, 0.717) is 15.7 Å². The van der Waals surface area contributed by atoms with Gasteiger partial charge < -0.3 is 4.42 Å². The van der Waals surface area contributed by atoms with Crippen LogP contribution in [0, 0.1) is 0 Å². The Hall–Kier alpha value is -2.77. The van der Waals surface area contributed by atoms with Crippen LogP contribution in [0.4, 0.5) is 13.2 Å². The van der Waals surface area contributed by atoms with Crippen LogP contribution < -0.4 is 5.56 Å². The van der Waals surface area contributed by atoms with E-state index in [1.54, 1.807) is 24.3 Å². The lowest BCUT2D eigenvalue weighted by molar-refractivity contribution is -0.141. The number of halogens is 3. The Morgan fingerprint density at radius 2 is 1.95 bits per heavy atom. The zero-order valence-electron chi connectivity index (χ0n) is 11.2. The Morgan fingerprint density at radius 1 is 1.27 bits per heavy atom. The van der Waals surface area contributed by atoms with Crippen molar-refractivity contribution in [1.82, 2.24) is 9.78 Å². The average molecular weight is 310 g/mol. The number of benzene rings is 1. The van der Waals surface area contributed by atoms with Gasteiger partial charge in [-0.2, -0.15) is 13.2 Å². The zero-order valence-corrected chi connectivity index (χ0v) is 11.2. The Morgan fingerprint density at radius 3 is 2.59 bits per heavy atom. The fourth-order valence-electron chi connectivity index (χ4n) is 2.18. The molecule has 3 rings (SSSR count). The molecule has 0 unspecified atom stereocenters. The summed E-state index contributed by atoms with van der Waals surface area (Å²) >= 11 is 0. The van der Waals surface area contributed by atoms with Crippen LogP contribution in [0.3, 0.4) is 0 Å². The lowest BCUT2D eigenvalue weighted by Crippen LogP contribution is -2.21. The second-order valence-electron chi connectivity index (χ2n) is 4.70. The molecule has 5 nitrogen and oxygen atoms in total. The number of furan rings is 1. The third-order valence-electron chi connectivity index (χ3n) is 3.21. The van der Waals surface area contributed by atoms with E-state index >= 15 is 0 Å². The number of rotatable bonds is 2. The summed E-state index contributed by atoms with van der Waals surface area (Å²) in [5.74, 6) is -1.42. The van der Waals surface area contributed by atoms with Gasteiger partial charge in [-0.15, -0.1) is 0 Å². The molecule has 0 radical (unpaired) electrons. The molecule has 0 aliphatic carbocycles. The van der Waals surface area contributed by atoms with Gasteiger partial charge in [-0.25, -0.2) is 0 Å². The summed E-state index contributed by atoms with van der Waals surface area (Å²) in [5.41, 5.74) is -3.07. The van der Waals surface area contributed by atoms with Crippen LogP contribution in [0.2, 0.25) is 0 Å². The quantitative estimate of drug-likeness (QED) is 0.740. The normalized spacial score (nSPS) is 12.0. The van der Waals surface area contributed by atoms with Crippen molar-refractivity contribution in [2.45, 2.75) is 6.18 Å². The highest BCUT2D eigenvalue weighted by molar-refractivity contribution is 6.09. The summed E-state index contributed by atoms with van der Waals surface area (Å²) < 4.78 is 44.7. The summed E-state index contributed by atoms with van der Waals surface area (Å²) in [6.45, 7) is 0. The van der Waals surface area contributed by atoms with Crippen LogP contribution in [-0.2, 0) is 13.2 Å². The van der Waals surface area contributed by atoms with E-state index < -0.39 is 28.8 Å². The van der Waals surface area contributed by atoms with Crippen LogP contribution >= 0.6 is 0 Å². The first-order chi connectivity index (χ1) is 10.3. The molecular formula is C14H9F3N2O3. The van der Waals surface area contributed by atoms with Gasteiger partial charge in [0.25, 0.3) is 5.56 Å². The lowest BCUT2D eigenvalue weighted by Gasteiger charge is -2.04. The van der Waals surface area contributed by atoms with Crippen molar-refractivity contribution in [3.63, 3.8) is 0 Å². The molecule has 114 valence electrons. The van der Waals surface area contributed by atoms with Crippen LogP contribution in [0.25, 0.3) is 11.0 Å². The summed E-state index contributed by atoms with van der Waals surface area (Å²) in [5, 5.41) is 2.42. The Balaban J connectivity index is 2.19. The van der Waals surface area contributed by atoms with E-state index in [4.69, 9.17) is 4.42 Å². The molecule has 0 amide bonds. The highest BCUT2D eigenvalue weighted by Crippen LogP contribution is 2.31. The maximum absolute atomic E-state index is 13.0. The number of aromatic nitrogens is 2. The van der Waals surface area contributed by atoms with E-state index in [2.05, 4.69) is 0 Å². The Labute approximate surface area is 120 Å². The minimum atomic E-state index is -4.85. The molecule has 0 saturated heterocycles. The van der Waals surface area contributed by atoms with Gasteiger partial charge in [-0.1, -0.05) is 18.2 Å². The number of para-hydroxylation sites is 1. The lowest BCUT2D eigenvalue weighted by atomic mass is 10.1. The fourth-order valence-corrected chi connectivity index (χ4v) is 2.18. The SMILES string of the molecule is Cn1[nH]c(C(F)(F)F)c(C(=O)c2cc3ccccc3o2)c1=O. The minimum Gasteiger partial charge on any atom is -0.453 e. The van der Waals surface area contributed by atoms with Gasteiger partial charge in [0.05, 0.1) is 0 Å². The summed E-state index contributed by atoms with van der Waals surface area (Å²) in [6, 6.07) is 7.89. The van der Waals surface area contributed by atoms with Crippen molar-refractivity contribution in [3.05, 3.63) is 57.7 Å². The number of alkyl halides is 3. The number of fused-ring (bicyclic) bond motifs is 1. The molecule has 22 heavy (non-hydrogen) atoms. The maximum Gasteiger partial charge on any atom is 0.433 e. The van der Waals surface area contributed by atoms with Crippen LogP contribution in [0.15, 0.2) is 39.5 Å². The molecule has 0 atom stereocenters.